The summed E-state index contributed by atoms with van der Waals surface area (Å²) >= 11 is 0. The molecule has 0 bridgehead atoms. The van der Waals surface area contributed by atoms with E-state index in [0.29, 0.717) is 6.54 Å². The van der Waals surface area contributed by atoms with Crippen molar-refractivity contribution in [1.82, 2.24) is 4.90 Å². The molecule has 0 atom stereocenters. The minimum atomic E-state index is -3.04. The Balaban J connectivity index is 4.04. The van der Waals surface area contributed by atoms with Crippen LogP contribution in [0.2, 0.25) is 0 Å². The molecule has 0 aliphatic carbocycles. The summed E-state index contributed by atoms with van der Waals surface area (Å²) in [5.74, 6) is -1.17. The number of amides is 1. The van der Waals surface area contributed by atoms with Crippen molar-refractivity contribution >= 4 is 21.7 Å². The summed E-state index contributed by atoms with van der Waals surface area (Å²) in [5, 5.41) is 8.51. The van der Waals surface area contributed by atoms with Crippen LogP contribution in [0.3, 0.4) is 0 Å². The summed E-state index contributed by atoms with van der Waals surface area (Å²) in [4.78, 5) is 23.4. The van der Waals surface area contributed by atoms with Gasteiger partial charge < -0.3 is 10.0 Å². The number of aliphatic carboxylic acids is 1. The Hall–Kier alpha value is -1.11. The van der Waals surface area contributed by atoms with Gasteiger partial charge in [0.05, 0.1) is 12.2 Å². The van der Waals surface area contributed by atoms with E-state index in [4.69, 9.17) is 5.11 Å². The molecular formula is C10H19NO5S. The molecule has 17 heavy (non-hydrogen) atoms. The molecule has 1 N–H and O–H groups in total. The van der Waals surface area contributed by atoms with Gasteiger partial charge in [-0.25, -0.2) is 8.42 Å². The molecule has 0 saturated carbocycles. The number of carbonyl (C=O) groups is 2. The number of hydrogen-bond donors (Lipinski definition) is 1. The summed E-state index contributed by atoms with van der Waals surface area (Å²) in [5.41, 5.74) is 0. The van der Waals surface area contributed by atoms with Gasteiger partial charge in [-0.05, 0) is 13.3 Å². The molecule has 0 aromatic carbocycles. The van der Waals surface area contributed by atoms with E-state index < -0.39 is 15.8 Å². The first-order valence-corrected chi connectivity index (χ1v) is 7.49. The van der Waals surface area contributed by atoms with Gasteiger partial charge in [0, 0.05) is 25.8 Å². The van der Waals surface area contributed by atoms with E-state index in [1.165, 1.54) is 4.90 Å². The number of carboxylic acids is 1. The van der Waals surface area contributed by atoms with Crippen LogP contribution in [0.15, 0.2) is 0 Å². The quantitative estimate of drug-likeness (QED) is 0.673. The Morgan fingerprint density at radius 3 is 2.24 bits per heavy atom. The maximum Gasteiger partial charge on any atom is 0.305 e. The van der Waals surface area contributed by atoms with Gasteiger partial charge in [0.25, 0.3) is 0 Å². The Morgan fingerprint density at radius 2 is 1.82 bits per heavy atom. The molecule has 0 aliphatic heterocycles. The fourth-order valence-electron chi connectivity index (χ4n) is 1.33. The Bertz CT molecular complexity index is 363. The number of carboxylic acid groups (broad SMARTS) is 1. The second-order valence-electron chi connectivity index (χ2n) is 3.85. The minimum Gasteiger partial charge on any atom is -0.481 e. The topological polar surface area (TPSA) is 91.8 Å². The fourth-order valence-corrected chi connectivity index (χ4v) is 2.00. The van der Waals surface area contributed by atoms with Gasteiger partial charge in [-0.3, -0.25) is 9.59 Å². The first-order valence-electron chi connectivity index (χ1n) is 5.43. The highest BCUT2D eigenvalue weighted by Crippen LogP contribution is 2.01. The van der Waals surface area contributed by atoms with Crippen LogP contribution >= 0.6 is 0 Å². The maximum atomic E-state index is 11.6. The van der Waals surface area contributed by atoms with Crippen LogP contribution < -0.4 is 0 Å². The molecule has 0 rings (SSSR count). The third-order valence-electron chi connectivity index (χ3n) is 2.24. The number of nitrogens with zero attached hydrogens (tertiary/aromatic N) is 1. The number of sulfone groups is 1. The minimum absolute atomic E-state index is 0.0186. The van der Waals surface area contributed by atoms with Gasteiger partial charge in [0.1, 0.15) is 9.84 Å². The van der Waals surface area contributed by atoms with Gasteiger partial charge in [0.2, 0.25) is 5.91 Å². The fraction of sp³-hybridized carbons (Fsp3) is 0.800. The lowest BCUT2D eigenvalue weighted by Gasteiger charge is -2.19. The van der Waals surface area contributed by atoms with Crippen LogP contribution in [0.5, 0.6) is 0 Å². The van der Waals surface area contributed by atoms with Crippen molar-refractivity contribution in [2.24, 2.45) is 0 Å². The van der Waals surface area contributed by atoms with Crippen molar-refractivity contribution < 1.29 is 23.1 Å². The van der Waals surface area contributed by atoms with Gasteiger partial charge >= 0.3 is 5.97 Å². The lowest BCUT2D eigenvalue weighted by Crippen LogP contribution is -2.32. The molecule has 0 spiro atoms. The predicted molar refractivity (Wildman–Crippen MR) is 63.5 cm³/mol. The Labute approximate surface area is 102 Å². The summed E-state index contributed by atoms with van der Waals surface area (Å²) in [6, 6.07) is 0. The monoisotopic (exact) mass is 265 g/mol. The molecule has 0 heterocycles. The van der Waals surface area contributed by atoms with E-state index in [9.17, 15) is 18.0 Å². The van der Waals surface area contributed by atoms with Crippen molar-refractivity contribution in [3.63, 3.8) is 0 Å². The van der Waals surface area contributed by atoms with E-state index >= 15 is 0 Å². The third-order valence-corrected chi connectivity index (χ3v) is 3.27. The molecular weight excluding hydrogens is 246 g/mol. The van der Waals surface area contributed by atoms with Crippen molar-refractivity contribution in [2.75, 3.05) is 25.1 Å². The van der Waals surface area contributed by atoms with Crippen LogP contribution in [0.4, 0.5) is 0 Å². The van der Waals surface area contributed by atoms with Crippen LogP contribution in [0.25, 0.3) is 0 Å². The third kappa shape index (κ3) is 8.67. The average molecular weight is 265 g/mol. The van der Waals surface area contributed by atoms with Gasteiger partial charge in [0.15, 0.2) is 0 Å². The number of rotatable bonds is 8. The van der Waals surface area contributed by atoms with E-state index in [1.807, 2.05) is 0 Å². The average Bonchev–Trinajstić information content (AvgIpc) is 2.16. The first-order chi connectivity index (χ1) is 7.76. The highest BCUT2D eigenvalue weighted by atomic mass is 32.2. The molecule has 0 saturated heterocycles. The number of carbonyl (C=O) groups excluding carboxylic acids is 1. The molecule has 0 radical (unpaired) electrons. The van der Waals surface area contributed by atoms with E-state index in [2.05, 4.69) is 0 Å². The largest absolute Gasteiger partial charge is 0.481 e. The zero-order valence-corrected chi connectivity index (χ0v) is 11.0. The maximum absolute atomic E-state index is 11.6. The van der Waals surface area contributed by atoms with E-state index in [1.54, 1.807) is 6.92 Å². The first kappa shape index (κ1) is 15.9. The lowest BCUT2D eigenvalue weighted by atomic mass is 10.3. The van der Waals surface area contributed by atoms with Crippen LogP contribution in [-0.4, -0.2) is 55.4 Å². The Kier molecular flexibility index (Phi) is 6.79. The van der Waals surface area contributed by atoms with Gasteiger partial charge in [-0.1, -0.05) is 0 Å². The summed E-state index contributed by atoms with van der Waals surface area (Å²) in [6.07, 6.45) is 1.45. The second kappa shape index (κ2) is 7.26. The van der Waals surface area contributed by atoms with Crippen molar-refractivity contribution in [2.45, 2.75) is 26.2 Å². The summed E-state index contributed by atoms with van der Waals surface area (Å²) in [7, 11) is -3.04. The Morgan fingerprint density at radius 1 is 1.24 bits per heavy atom. The molecule has 0 aromatic heterocycles. The smallest absolute Gasteiger partial charge is 0.305 e. The molecule has 0 fully saturated rings. The molecule has 0 aromatic rings. The highest BCUT2D eigenvalue weighted by molar-refractivity contribution is 7.90. The van der Waals surface area contributed by atoms with Gasteiger partial charge in [-0.2, -0.15) is 0 Å². The molecule has 0 aliphatic rings. The number of hydrogen-bond acceptors (Lipinski definition) is 4. The summed E-state index contributed by atoms with van der Waals surface area (Å²) in [6.45, 7) is 2.37. The SMILES string of the molecule is CCN(CCC(=O)O)C(=O)CCCS(C)(=O)=O. The standard InChI is InChI=1S/C10H19NO5S/c1-3-11(7-6-10(13)14)9(12)5-4-8-17(2,15)16/h3-8H2,1-2H3,(H,13,14). The molecule has 7 heteroatoms. The summed E-state index contributed by atoms with van der Waals surface area (Å²) < 4.78 is 21.7. The van der Waals surface area contributed by atoms with Crippen molar-refractivity contribution in [3.05, 3.63) is 0 Å². The van der Waals surface area contributed by atoms with E-state index in [0.717, 1.165) is 6.26 Å². The normalized spacial score (nSPS) is 11.2. The van der Waals surface area contributed by atoms with E-state index in [-0.39, 0.29) is 37.5 Å². The predicted octanol–water partition coefficient (Wildman–Crippen LogP) is 0.134. The van der Waals surface area contributed by atoms with Crippen LogP contribution in [0.1, 0.15) is 26.2 Å². The second-order valence-corrected chi connectivity index (χ2v) is 6.11. The van der Waals surface area contributed by atoms with Crippen molar-refractivity contribution in [3.8, 4) is 0 Å². The zero-order chi connectivity index (χ0) is 13.5. The molecule has 6 nitrogen and oxygen atoms in total. The molecule has 0 unspecified atom stereocenters. The van der Waals surface area contributed by atoms with Crippen molar-refractivity contribution in [1.29, 1.82) is 0 Å². The lowest BCUT2D eigenvalue weighted by molar-refractivity contribution is -0.138. The molecule has 100 valence electrons. The molecule has 1 amide bonds. The zero-order valence-electron chi connectivity index (χ0n) is 10.2. The van der Waals surface area contributed by atoms with Gasteiger partial charge in [-0.15, -0.1) is 0 Å². The highest BCUT2D eigenvalue weighted by Gasteiger charge is 2.13. The van der Waals surface area contributed by atoms with Crippen LogP contribution in [0, 0.1) is 0 Å². The van der Waals surface area contributed by atoms with Crippen LogP contribution in [-0.2, 0) is 19.4 Å².